The van der Waals surface area contributed by atoms with Crippen LogP contribution in [0.2, 0.25) is 0 Å². The first-order valence-electron chi connectivity index (χ1n) is 8.51. The summed E-state index contributed by atoms with van der Waals surface area (Å²) in [5.41, 5.74) is 1.18. The van der Waals surface area contributed by atoms with Crippen LogP contribution in [0.5, 0.6) is 0 Å². The van der Waals surface area contributed by atoms with Crippen molar-refractivity contribution in [2.75, 3.05) is 19.8 Å². The first-order chi connectivity index (χ1) is 13.5. The number of hydrogen-bond acceptors (Lipinski definition) is 7. The highest BCUT2D eigenvalue weighted by molar-refractivity contribution is 8.00. The maximum absolute atomic E-state index is 12.5. The molecule has 2 aromatic carbocycles. The molecule has 0 aliphatic rings. The Morgan fingerprint density at radius 2 is 1.75 bits per heavy atom. The zero-order valence-electron chi connectivity index (χ0n) is 15.5. The van der Waals surface area contributed by atoms with E-state index < -0.39 is 5.97 Å². The average Bonchev–Trinajstić information content (AvgIpc) is 3.20. The molecule has 0 fully saturated rings. The number of nitrogens with zero attached hydrogens (tertiary/aromatic N) is 3. The minimum atomic E-state index is -0.514. The largest absolute Gasteiger partial charge is 0.452 e. The van der Waals surface area contributed by atoms with Crippen molar-refractivity contribution in [3.63, 3.8) is 0 Å². The summed E-state index contributed by atoms with van der Waals surface area (Å²) >= 11 is 1.29. The Bertz CT molecular complexity index is 957. The third-order valence-corrected chi connectivity index (χ3v) is 4.83. The maximum Gasteiger partial charge on any atom is 0.339 e. The lowest BCUT2D eigenvalue weighted by Gasteiger charge is -2.11. The highest BCUT2D eigenvalue weighted by atomic mass is 32.2. The van der Waals surface area contributed by atoms with Crippen molar-refractivity contribution in [2.24, 2.45) is 0 Å². The van der Waals surface area contributed by atoms with Crippen LogP contribution in [-0.2, 0) is 16.1 Å². The molecule has 1 aromatic heterocycles. The SMILES string of the molecule is CN(C)C(=O)CSc1ccccc1C(=O)OCc1nnc(-c2ccccc2)o1. The van der Waals surface area contributed by atoms with Crippen molar-refractivity contribution < 1.29 is 18.7 Å². The van der Waals surface area contributed by atoms with Crippen molar-refractivity contribution in [1.82, 2.24) is 15.1 Å². The summed E-state index contributed by atoms with van der Waals surface area (Å²) in [5, 5.41) is 7.88. The van der Waals surface area contributed by atoms with Crippen LogP contribution in [0.1, 0.15) is 16.2 Å². The van der Waals surface area contributed by atoms with Crippen molar-refractivity contribution in [1.29, 1.82) is 0 Å². The van der Waals surface area contributed by atoms with Crippen molar-refractivity contribution >= 4 is 23.6 Å². The molecule has 0 unspecified atom stereocenters. The molecule has 1 heterocycles. The second kappa shape index (κ2) is 9.18. The van der Waals surface area contributed by atoms with Crippen molar-refractivity contribution in [3.8, 4) is 11.5 Å². The Balaban J connectivity index is 1.63. The number of carbonyl (C=O) groups excluding carboxylic acids is 2. The van der Waals surface area contributed by atoms with E-state index in [0.717, 1.165) is 5.56 Å². The van der Waals surface area contributed by atoms with Gasteiger partial charge in [-0.1, -0.05) is 30.3 Å². The highest BCUT2D eigenvalue weighted by Gasteiger charge is 2.16. The number of rotatable bonds is 7. The summed E-state index contributed by atoms with van der Waals surface area (Å²) in [6.07, 6.45) is 0. The predicted molar refractivity (Wildman–Crippen MR) is 105 cm³/mol. The second-order valence-corrected chi connectivity index (χ2v) is 7.03. The van der Waals surface area contributed by atoms with Gasteiger partial charge in [0, 0.05) is 24.6 Å². The summed E-state index contributed by atoms with van der Waals surface area (Å²) in [5.74, 6) is 0.263. The lowest BCUT2D eigenvalue weighted by molar-refractivity contribution is -0.125. The quantitative estimate of drug-likeness (QED) is 0.447. The number of hydrogen-bond donors (Lipinski definition) is 0. The fourth-order valence-electron chi connectivity index (χ4n) is 2.24. The van der Waals surface area contributed by atoms with E-state index >= 15 is 0 Å². The number of aromatic nitrogens is 2. The topological polar surface area (TPSA) is 85.5 Å². The van der Waals surface area contributed by atoms with Gasteiger partial charge in [-0.2, -0.15) is 0 Å². The molecule has 3 rings (SSSR count). The molecule has 0 spiro atoms. The van der Waals surface area contributed by atoms with Crippen LogP contribution in [0.3, 0.4) is 0 Å². The van der Waals surface area contributed by atoms with E-state index in [1.54, 1.807) is 32.3 Å². The van der Waals surface area contributed by atoms with Crippen LogP contribution in [-0.4, -0.2) is 46.8 Å². The molecule has 0 atom stereocenters. The molecule has 7 nitrogen and oxygen atoms in total. The van der Waals surface area contributed by atoms with E-state index in [-0.39, 0.29) is 24.2 Å². The molecule has 0 bridgehead atoms. The number of carbonyl (C=O) groups is 2. The summed E-state index contributed by atoms with van der Waals surface area (Å²) in [7, 11) is 3.38. The molecule has 1 amide bonds. The number of thioether (sulfide) groups is 1. The molecule has 8 heteroatoms. The van der Waals surface area contributed by atoms with Gasteiger partial charge in [0.15, 0.2) is 6.61 Å². The Morgan fingerprint density at radius 1 is 1.04 bits per heavy atom. The number of esters is 1. The van der Waals surface area contributed by atoms with E-state index in [1.807, 2.05) is 36.4 Å². The molecule has 144 valence electrons. The van der Waals surface area contributed by atoms with E-state index in [9.17, 15) is 9.59 Å². The van der Waals surface area contributed by atoms with Crippen LogP contribution in [0, 0.1) is 0 Å². The molecule has 0 radical (unpaired) electrons. The summed E-state index contributed by atoms with van der Waals surface area (Å²) in [6, 6.07) is 16.3. The fourth-order valence-corrected chi connectivity index (χ4v) is 3.26. The molecule has 28 heavy (non-hydrogen) atoms. The Hall–Kier alpha value is -3.13. The van der Waals surface area contributed by atoms with E-state index in [4.69, 9.17) is 9.15 Å². The van der Waals surface area contributed by atoms with Crippen LogP contribution in [0.4, 0.5) is 0 Å². The Labute approximate surface area is 166 Å². The van der Waals surface area contributed by atoms with Crippen molar-refractivity contribution in [3.05, 3.63) is 66.1 Å². The third kappa shape index (κ3) is 4.98. The summed E-state index contributed by atoms with van der Waals surface area (Å²) < 4.78 is 10.9. The minimum absolute atomic E-state index is 0.0347. The molecule has 0 saturated carbocycles. The first kappa shape index (κ1) is 19.6. The van der Waals surface area contributed by atoms with Gasteiger partial charge in [0.1, 0.15) is 0 Å². The van der Waals surface area contributed by atoms with Gasteiger partial charge >= 0.3 is 5.97 Å². The molecular weight excluding hydrogens is 378 g/mol. The van der Waals surface area contributed by atoms with E-state index in [1.165, 1.54) is 16.7 Å². The fraction of sp³-hybridized carbons (Fsp3) is 0.200. The molecule has 0 N–H and O–H groups in total. The van der Waals surface area contributed by atoms with Crippen LogP contribution >= 0.6 is 11.8 Å². The third-order valence-electron chi connectivity index (χ3n) is 3.77. The standard InChI is InChI=1S/C20H19N3O4S/c1-23(2)18(24)13-28-16-11-7-6-10-15(16)20(25)26-12-17-21-22-19(27-17)14-8-4-3-5-9-14/h3-11H,12-13H2,1-2H3. The van der Waals surface area contributed by atoms with Crippen LogP contribution in [0.15, 0.2) is 63.9 Å². The zero-order chi connectivity index (χ0) is 19.9. The van der Waals surface area contributed by atoms with Gasteiger partial charge in [-0.15, -0.1) is 22.0 Å². The Morgan fingerprint density at radius 3 is 2.50 bits per heavy atom. The average molecular weight is 397 g/mol. The van der Waals surface area contributed by atoms with Gasteiger partial charge in [0.25, 0.3) is 5.89 Å². The molecule has 0 aliphatic carbocycles. The van der Waals surface area contributed by atoms with E-state index in [0.29, 0.717) is 16.3 Å². The van der Waals surface area contributed by atoms with Crippen LogP contribution in [0.25, 0.3) is 11.5 Å². The lowest BCUT2D eigenvalue weighted by atomic mass is 10.2. The van der Waals surface area contributed by atoms with Gasteiger partial charge in [-0.3, -0.25) is 4.79 Å². The first-order valence-corrected chi connectivity index (χ1v) is 9.50. The second-order valence-electron chi connectivity index (χ2n) is 6.02. The van der Waals surface area contributed by atoms with Gasteiger partial charge in [0.05, 0.1) is 11.3 Å². The summed E-state index contributed by atoms with van der Waals surface area (Å²) in [4.78, 5) is 26.4. The molecule has 3 aromatic rings. The highest BCUT2D eigenvalue weighted by Crippen LogP contribution is 2.24. The van der Waals surface area contributed by atoms with Gasteiger partial charge < -0.3 is 14.1 Å². The maximum atomic E-state index is 12.5. The van der Waals surface area contributed by atoms with Gasteiger partial charge in [-0.05, 0) is 24.3 Å². The van der Waals surface area contributed by atoms with Crippen LogP contribution < -0.4 is 0 Å². The smallest absolute Gasteiger partial charge is 0.339 e. The zero-order valence-corrected chi connectivity index (χ0v) is 16.3. The Kier molecular flexibility index (Phi) is 6.44. The predicted octanol–water partition coefficient (Wildman–Crippen LogP) is 3.27. The monoisotopic (exact) mass is 397 g/mol. The minimum Gasteiger partial charge on any atom is -0.452 e. The molecule has 0 saturated heterocycles. The normalized spacial score (nSPS) is 10.5. The molecule has 0 aliphatic heterocycles. The number of ether oxygens (including phenoxy) is 1. The number of benzene rings is 2. The summed E-state index contributed by atoms with van der Waals surface area (Å²) in [6.45, 7) is -0.131. The van der Waals surface area contributed by atoms with E-state index in [2.05, 4.69) is 10.2 Å². The van der Waals surface area contributed by atoms with Crippen molar-refractivity contribution in [2.45, 2.75) is 11.5 Å². The number of amides is 1. The lowest BCUT2D eigenvalue weighted by Crippen LogP contribution is -2.23. The van der Waals surface area contributed by atoms with Gasteiger partial charge in [-0.25, -0.2) is 4.79 Å². The van der Waals surface area contributed by atoms with Gasteiger partial charge in [0.2, 0.25) is 11.8 Å². The molecular formula is C20H19N3O4S.